The van der Waals surface area contributed by atoms with Crippen molar-refractivity contribution in [3.05, 3.63) is 98.9 Å². The van der Waals surface area contributed by atoms with Gasteiger partial charge in [-0.05, 0) is 51.4 Å². The fourth-order valence-electron chi connectivity index (χ4n) is 8.70. The molecule has 3 aliphatic rings. The molecular weight excluding hydrogens is 696 g/mol. The SMILES string of the molecule is [C-]#[N+]C12C[C@@H](C)[C@@H](C)[C@H](Cc3nc(OC)ccc31)C2=O.[C-]#[N+]C1C[C@@H](C)[C@H]([Si](C)(C)c2ccccc2)[C@@H](Cc2nc(OC)ccc2Br)C1=O. The molecule has 6 rings (SSSR count). The van der Waals surface area contributed by atoms with E-state index in [-0.39, 0.29) is 28.9 Å². The first kappa shape index (κ1) is 36.4. The van der Waals surface area contributed by atoms with Gasteiger partial charge in [-0.3, -0.25) is 14.4 Å². The van der Waals surface area contributed by atoms with Crippen LogP contribution in [-0.4, -0.2) is 49.9 Å². The first-order chi connectivity index (χ1) is 23.3. The Morgan fingerprint density at radius 2 is 1.59 bits per heavy atom. The third-order valence-corrected chi connectivity index (χ3v) is 16.6. The summed E-state index contributed by atoms with van der Waals surface area (Å²) in [5.41, 5.74) is 1.72. The number of aromatic nitrogens is 2. The molecule has 2 aromatic heterocycles. The Morgan fingerprint density at radius 1 is 0.939 bits per heavy atom. The van der Waals surface area contributed by atoms with Crippen LogP contribution in [0.3, 0.4) is 0 Å². The Bertz CT molecular complexity index is 1800. The van der Waals surface area contributed by atoms with Crippen molar-refractivity contribution >= 4 is 40.8 Å². The van der Waals surface area contributed by atoms with Gasteiger partial charge >= 0.3 is 5.54 Å². The quantitative estimate of drug-likeness (QED) is 0.192. The van der Waals surface area contributed by atoms with Crippen molar-refractivity contribution in [2.75, 3.05) is 14.2 Å². The third kappa shape index (κ3) is 6.70. The summed E-state index contributed by atoms with van der Waals surface area (Å²) < 4.78 is 11.3. The summed E-state index contributed by atoms with van der Waals surface area (Å²) in [4.78, 5) is 42.7. The fraction of sp³-hybridized carbons (Fsp3) is 0.487. The molecule has 8 atom stereocenters. The molecule has 256 valence electrons. The number of nitrogens with zero attached hydrogens (tertiary/aromatic N) is 4. The van der Waals surface area contributed by atoms with E-state index in [0.717, 1.165) is 21.4 Å². The number of pyridine rings is 2. The summed E-state index contributed by atoms with van der Waals surface area (Å²) in [6.07, 6.45) is 2.42. The molecule has 2 heterocycles. The number of hydrogen-bond donors (Lipinski definition) is 0. The van der Waals surface area contributed by atoms with E-state index in [2.05, 4.69) is 93.7 Å². The number of Topliss-reactive ketones (excluding diaryl/α,β-unsaturated/α-hetero) is 2. The lowest BCUT2D eigenvalue weighted by Gasteiger charge is -2.44. The molecule has 2 saturated carbocycles. The highest BCUT2D eigenvalue weighted by Crippen LogP contribution is 2.51. The molecule has 8 nitrogen and oxygen atoms in total. The van der Waals surface area contributed by atoms with Gasteiger partial charge in [0.15, 0.2) is 0 Å². The van der Waals surface area contributed by atoms with Gasteiger partial charge in [-0.25, -0.2) is 23.1 Å². The second-order valence-electron chi connectivity index (χ2n) is 14.5. The van der Waals surface area contributed by atoms with Crippen LogP contribution >= 0.6 is 15.9 Å². The number of halogens is 1. The maximum atomic E-state index is 13.4. The smallest absolute Gasteiger partial charge is 0.316 e. The van der Waals surface area contributed by atoms with Crippen molar-refractivity contribution < 1.29 is 19.1 Å². The van der Waals surface area contributed by atoms with Gasteiger partial charge < -0.3 is 14.3 Å². The van der Waals surface area contributed by atoms with Crippen LogP contribution in [0.25, 0.3) is 9.69 Å². The monoisotopic (exact) mass is 740 g/mol. The lowest BCUT2D eigenvalue weighted by Crippen LogP contribution is -2.56. The van der Waals surface area contributed by atoms with Gasteiger partial charge in [0.1, 0.15) is 0 Å². The van der Waals surface area contributed by atoms with Gasteiger partial charge in [-0.15, -0.1) is 0 Å². The van der Waals surface area contributed by atoms with E-state index < -0.39 is 19.7 Å². The number of fused-ring (bicyclic) bond motifs is 4. The average Bonchev–Trinajstić information content (AvgIpc) is 3.10. The van der Waals surface area contributed by atoms with E-state index in [1.54, 1.807) is 26.4 Å². The Kier molecular flexibility index (Phi) is 10.8. The Labute approximate surface area is 299 Å². The van der Waals surface area contributed by atoms with E-state index in [1.807, 2.05) is 18.2 Å². The summed E-state index contributed by atoms with van der Waals surface area (Å²) >= 11 is 3.59. The average molecular weight is 742 g/mol. The van der Waals surface area contributed by atoms with Gasteiger partial charge in [0.05, 0.1) is 39.2 Å². The largest absolute Gasteiger partial charge is 0.481 e. The minimum Gasteiger partial charge on any atom is -0.481 e. The molecule has 3 aromatic rings. The number of carbonyl (C=O) groups excluding carboxylic acids is 2. The van der Waals surface area contributed by atoms with Crippen molar-refractivity contribution in [2.24, 2.45) is 29.6 Å². The highest BCUT2D eigenvalue weighted by Gasteiger charge is 2.61. The minimum atomic E-state index is -1.98. The normalized spacial score (nSPS) is 29.0. The number of ether oxygens (including phenoxy) is 2. The number of carbonyl (C=O) groups is 2. The van der Waals surface area contributed by atoms with E-state index >= 15 is 0 Å². The Hall–Kier alpha value is -3.86. The third-order valence-electron chi connectivity index (χ3n) is 11.5. The van der Waals surface area contributed by atoms with Crippen LogP contribution in [-0.2, 0) is 28.0 Å². The van der Waals surface area contributed by atoms with Crippen LogP contribution in [0, 0.1) is 42.7 Å². The molecule has 2 fully saturated rings. The van der Waals surface area contributed by atoms with Crippen molar-refractivity contribution in [2.45, 2.75) is 76.7 Å². The van der Waals surface area contributed by atoms with Gasteiger partial charge in [-0.2, -0.15) is 0 Å². The summed E-state index contributed by atoms with van der Waals surface area (Å²) in [7, 11) is 1.20. The maximum Gasteiger partial charge on any atom is 0.316 e. The molecule has 1 aromatic carbocycles. The fourth-order valence-corrected chi connectivity index (χ4v) is 13.4. The van der Waals surface area contributed by atoms with Crippen LogP contribution in [0.1, 0.15) is 50.6 Å². The molecule has 0 aliphatic heterocycles. The zero-order valence-corrected chi connectivity index (χ0v) is 32.0. The van der Waals surface area contributed by atoms with Gasteiger partial charge in [0.25, 0.3) is 6.04 Å². The van der Waals surface area contributed by atoms with Gasteiger partial charge in [0.2, 0.25) is 23.3 Å². The Balaban J connectivity index is 0.000000204. The number of rotatable bonds is 6. The van der Waals surface area contributed by atoms with Gasteiger partial charge in [0, 0.05) is 54.1 Å². The van der Waals surface area contributed by atoms with Crippen molar-refractivity contribution in [3.63, 3.8) is 0 Å². The van der Waals surface area contributed by atoms with Crippen molar-refractivity contribution in [1.29, 1.82) is 0 Å². The second kappa shape index (κ2) is 14.5. The highest BCUT2D eigenvalue weighted by molar-refractivity contribution is 9.10. The molecule has 49 heavy (non-hydrogen) atoms. The number of benzene rings is 1. The van der Waals surface area contributed by atoms with E-state index in [9.17, 15) is 9.59 Å². The topological polar surface area (TPSA) is 87.1 Å². The zero-order chi connectivity index (χ0) is 35.7. The standard InChI is InChI=1S/C23H27BrN2O2Si.C16H18N2O2/c1-15-13-20(25-2)22(27)17(14-19-18(24)11-12-21(26-19)28-3)23(15)29(4,5)16-9-7-6-8-10-16;1-9-8-16(17-3)12-5-6-14(20-4)18-13(12)7-11(10(9)2)15(16)19/h6-12,15,17,20,23H,13-14H2,1,3-5H3;5-6,9-11H,7-8H2,1-2,4H3/t15-,17+,20?,23+;9-,10-,11+,16?/m11/s1. The van der Waals surface area contributed by atoms with Crippen LogP contribution in [0.4, 0.5) is 0 Å². The minimum absolute atomic E-state index is 0.0797. The molecular formula is C39H45BrN4O4Si. The van der Waals surface area contributed by atoms with Crippen LogP contribution < -0.4 is 14.7 Å². The lowest BCUT2D eigenvalue weighted by molar-refractivity contribution is -0.134. The van der Waals surface area contributed by atoms with Crippen LogP contribution in [0.2, 0.25) is 18.6 Å². The molecule has 2 bridgehead atoms. The van der Waals surface area contributed by atoms with E-state index in [1.165, 1.54) is 5.19 Å². The number of methoxy groups -OCH3 is 2. The van der Waals surface area contributed by atoms with Crippen molar-refractivity contribution in [1.82, 2.24) is 9.97 Å². The summed E-state index contributed by atoms with van der Waals surface area (Å²) in [6, 6.07) is 17.4. The number of ketones is 2. The molecule has 0 saturated heterocycles. The van der Waals surface area contributed by atoms with Crippen molar-refractivity contribution in [3.8, 4) is 11.8 Å². The predicted molar refractivity (Wildman–Crippen MR) is 196 cm³/mol. The first-order valence-electron chi connectivity index (χ1n) is 16.9. The molecule has 0 spiro atoms. The highest BCUT2D eigenvalue weighted by atomic mass is 79.9. The summed E-state index contributed by atoms with van der Waals surface area (Å²) in [5.74, 6) is 1.96. The molecule has 2 unspecified atom stereocenters. The van der Waals surface area contributed by atoms with Crippen LogP contribution in [0.15, 0.2) is 59.1 Å². The zero-order valence-electron chi connectivity index (χ0n) is 29.4. The predicted octanol–water partition coefficient (Wildman–Crippen LogP) is 7.52. The molecule has 0 N–H and O–H groups in total. The molecule has 0 amide bonds. The molecule has 0 radical (unpaired) electrons. The summed E-state index contributed by atoms with van der Waals surface area (Å²) in [6.45, 7) is 26.4. The second-order valence-corrected chi connectivity index (χ2v) is 20.0. The van der Waals surface area contributed by atoms with Gasteiger partial charge in [-0.1, -0.05) is 69.4 Å². The maximum absolute atomic E-state index is 13.4. The summed E-state index contributed by atoms with van der Waals surface area (Å²) in [5, 5.41) is 1.36. The van der Waals surface area contributed by atoms with Crippen LogP contribution in [0.5, 0.6) is 11.8 Å². The lowest BCUT2D eigenvalue weighted by atomic mass is 9.58. The number of hydrogen-bond acceptors (Lipinski definition) is 6. The van der Waals surface area contributed by atoms with E-state index in [4.69, 9.17) is 22.6 Å². The first-order valence-corrected chi connectivity index (χ1v) is 20.8. The Morgan fingerprint density at radius 3 is 2.22 bits per heavy atom. The van der Waals surface area contributed by atoms with E-state index in [0.29, 0.717) is 55.2 Å². The molecule has 10 heteroatoms. The molecule has 3 aliphatic carbocycles.